The van der Waals surface area contributed by atoms with Gasteiger partial charge in [-0.2, -0.15) is 0 Å². The second-order valence-corrected chi connectivity index (χ2v) is 6.94. The van der Waals surface area contributed by atoms with Crippen molar-refractivity contribution in [1.29, 1.82) is 0 Å². The number of aliphatic hydroxyl groups is 1. The summed E-state index contributed by atoms with van der Waals surface area (Å²) in [6, 6.07) is 7.42. The molecule has 5 heteroatoms. The van der Waals surface area contributed by atoms with Crippen molar-refractivity contribution >= 4 is 22.4 Å². The van der Waals surface area contributed by atoms with Gasteiger partial charge in [0.05, 0.1) is 16.6 Å². The standard InChI is InChI=1S/C13H18ClNO2S/c1-13(16)6-7-15-8-12(13)18(17)9-10-4-2-3-5-11(10)14/h2-5,12,15-16H,6-9H2,1H3. The van der Waals surface area contributed by atoms with Gasteiger partial charge in [0.15, 0.2) is 0 Å². The molecule has 3 unspecified atom stereocenters. The first kappa shape index (κ1) is 14.0. The van der Waals surface area contributed by atoms with Crippen molar-refractivity contribution in [3.63, 3.8) is 0 Å². The van der Waals surface area contributed by atoms with Gasteiger partial charge in [-0.3, -0.25) is 4.21 Å². The highest BCUT2D eigenvalue weighted by atomic mass is 35.5. The zero-order valence-corrected chi connectivity index (χ0v) is 11.9. The molecule has 1 aromatic carbocycles. The Morgan fingerprint density at radius 3 is 2.94 bits per heavy atom. The topological polar surface area (TPSA) is 49.3 Å². The van der Waals surface area contributed by atoms with Crippen LogP contribution in [0.4, 0.5) is 0 Å². The molecule has 0 amide bonds. The molecule has 0 aliphatic carbocycles. The molecular weight excluding hydrogens is 270 g/mol. The Kier molecular flexibility index (Phi) is 4.43. The molecule has 1 aliphatic rings. The third-order valence-electron chi connectivity index (χ3n) is 3.40. The van der Waals surface area contributed by atoms with Crippen LogP contribution in [0, 0.1) is 0 Å². The van der Waals surface area contributed by atoms with Crippen molar-refractivity contribution in [2.45, 2.75) is 29.9 Å². The molecule has 1 saturated heterocycles. The van der Waals surface area contributed by atoms with Crippen molar-refractivity contribution in [2.24, 2.45) is 0 Å². The van der Waals surface area contributed by atoms with Crippen LogP contribution in [0.5, 0.6) is 0 Å². The van der Waals surface area contributed by atoms with E-state index in [0.717, 1.165) is 12.1 Å². The molecule has 1 fully saturated rings. The van der Waals surface area contributed by atoms with E-state index in [9.17, 15) is 9.32 Å². The van der Waals surface area contributed by atoms with E-state index >= 15 is 0 Å². The molecule has 2 N–H and O–H groups in total. The zero-order chi connectivity index (χ0) is 13.2. The summed E-state index contributed by atoms with van der Waals surface area (Å²) < 4.78 is 12.4. The summed E-state index contributed by atoms with van der Waals surface area (Å²) in [7, 11) is -1.13. The highest BCUT2D eigenvalue weighted by Crippen LogP contribution is 2.25. The van der Waals surface area contributed by atoms with Gasteiger partial charge in [-0.15, -0.1) is 0 Å². The first-order chi connectivity index (χ1) is 8.50. The van der Waals surface area contributed by atoms with Gasteiger partial charge in [-0.25, -0.2) is 0 Å². The summed E-state index contributed by atoms with van der Waals surface area (Å²) in [5.74, 6) is 0.391. The molecule has 0 saturated carbocycles. The van der Waals surface area contributed by atoms with Gasteiger partial charge in [0, 0.05) is 22.4 Å². The lowest BCUT2D eigenvalue weighted by Gasteiger charge is -2.36. The molecule has 0 bridgehead atoms. The van der Waals surface area contributed by atoms with Crippen LogP contribution in [-0.4, -0.2) is 33.3 Å². The highest BCUT2D eigenvalue weighted by Gasteiger charge is 2.38. The van der Waals surface area contributed by atoms with Crippen LogP contribution < -0.4 is 5.32 Å². The summed E-state index contributed by atoms with van der Waals surface area (Å²) in [6.45, 7) is 3.12. The Balaban J connectivity index is 2.10. The summed E-state index contributed by atoms with van der Waals surface area (Å²) in [5.41, 5.74) is 0.0102. The normalized spacial score (nSPS) is 30.1. The third-order valence-corrected chi connectivity index (χ3v) is 5.68. The predicted molar refractivity (Wildman–Crippen MR) is 75.2 cm³/mol. The fourth-order valence-electron chi connectivity index (χ4n) is 2.20. The van der Waals surface area contributed by atoms with Gasteiger partial charge in [-0.1, -0.05) is 29.8 Å². The van der Waals surface area contributed by atoms with E-state index < -0.39 is 16.4 Å². The molecule has 1 aliphatic heterocycles. The van der Waals surface area contributed by atoms with Gasteiger partial charge in [0.1, 0.15) is 0 Å². The van der Waals surface area contributed by atoms with Gasteiger partial charge < -0.3 is 10.4 Å². The average molecular weight is 288 g/mol. The lowest BCUT2D eigenvalue weighted by molar-refractivity contribution is 0.0341. The minimum atomic E-state index is -1.13. The quantitative estimate of drug-likeness (QED) is 0.890. The van der Waals surface area contributed by atoms with Crippen molar-refractivity contribution in [2.75, 3.05) is 13.1 Å². The van der Waals surface area contributed by atoms with Crippen LogP contribution in [0.15, 0.2) is 24.3 Å². The maximum atomic E-state index is 12.4. The van der Waals surface area contributed by atoms with Crippen LogP contribution in [0.25, 0.3) is 0 Å². The van der Waals surface area contributed by atoms with Crippen molar-refractivity contribution in [1.82, 2.24) is 5.32 Å². The number of hydrogen-bond acceptors (Lipinski definition) is 3. The molecular formula is C13H18ClNO2S. The van der Waals surface area contributed by atoms with Crippen molar-refractivity contribution in [3.8, 4) is 0 Å². The van der Waals surface area contributed by atoms with E-state index in [0.29, 0.717) is 23.7 Å². The third kappa shape index (κ3) is 3.12. The SMILES string of the molecule is CC1(O)CCNCC1S(=O)Cc1ccccc1Cl. The summed E-state index contributed by atoms with van der Waals surface area (Å²) in [4.78, 5) is 0. The molecule has 2 rings (SSSR count). The lowest BCUT2D eigenvalue weighted by Crippen LogP contribution is -2.54. The predicted octanol–water partition coefficient (Wildman–Crippen LogP) is 1.70. The summed E-state index contributed by atoms with van der Waals surface area (Å²) in [5, 5.41) is 13.9. The van der Waals surface area contributed by atoms with E-state index in [-0.39, 0.29) is 5.25 Å². The molecule has 3 atom stereocenters. The number of benzene rings is 1. The molecule has 0 spiro atoms. The van der Waals surface area contributed by atoms with E-state index in [4.69, 9.17) is 11.6 Å². The molecule has 0 radical (unpaired) electrons. The molecule has 100 valence electrons. The molecule has 1 aromatic rings. The molecule has 18 heavy (non-hydrogen) atoms. The number of rotatable bonds is 3. The Bertz CT molecular complexity index is 450. The summed E-state index contributed by atoms with van der Waals surface area (Å²) >= 11 is 6.07. The second-order valence-electron chi connectivity index (χ2n) is 4.92. The number of nitrogens with one attached hydrogen (secondary N) is 1. The fourth-order valence-corrected chi connectivity index (χ4v) is 4.23. The van der Waals surface area contributed by atoms with Gasteiger partial charge >= 0.3 is 0 Å². The van der Waals surface area contributed by atoms with Crippen LogP contribution >= 0.6 is 11.6 Å². The fraction of sp³-hybridized carbons (Fsp3) is 0.538. The Morgan fingerprint density at radius 2 is 2.28 bits per heavy atom. The minimum absolute atomic E-state index is 0.248. The first-order valence-electron chi connectivity index (χ1n) is 6.04. The average Bonchev–Trinajstić information content (AvgIpc) is 2.31. The van der Waals surface area contributed by atoms with Crippen molar-refractivity contribution in [3.05, 3.63) is 34.9 Å². The van der Waals surface area contributed by atoms with E-state index in [1.165, 1.54) is 0 Å². The van der Waals surface area contributed by atoms with Crippen LogP contribution in [-0.2, 0) is 16.6 Å². The van der Waals surface area contributed by atoms with Crippen LogP contribution in [0.1, 0.15) is 18.9 Å². The largest absolute Gasteiger partial charge is 0.389 e. The number of hydrogen-bond donors (Lipinski definition) is 2. The van der Waals surface area contributed by atoms with Crippen molar-refractivity contribution < 1.29 is 9.32 Å². The monoisotopic (exact) mass is 287 g/mol. The maximum absolute atomic E-state index is 12.4. The summed E-state index contributed by atoms with van der Waals surface area (Å²) in [6.07, 6.45) is 0.631. The molecule has 3 nitrogen and oxygen atoms in total. The van der Waals surface area contributed by atoms with Gasteiger partial charge in [0.2, 0.25) is 0 Å². The Labute approximate surface area is 115 Å². The lowest BCUT2D eigenvalue weighted by atomic mass is 9.94. The molecule has 0 aromatic heterocycles. The first-order valence-corrected chi connectivity index (χ1v) is 7.80. The van der Waals surface area contributed by atoms with Gasteiger partial charge in [0.25, 0.3) is 0 Å². The van der Waals surface area contributed by atoms with Crippen LogP contribution in [0.3, 0.4) is 0 Å². The highest BCUT2D eigenvalue weighted by molar-refractivity contribution is 7.85. The van der Waals surface area contributed by atoms with E-state index in [1.807, 2.05) is 18.2 Å². The van der Waals surface area contributed by atoms with E-state index in [1.54, 1.807) is 13.0 Å². The number of piperidine rings is 1. The van der Waals surface area contributed by atoms with Crippen LogP contribution in [0.2, 0.25) is 5.02 Å². The second kappa shape index (κ2) is 5.70. The minimum Gasteiger partial charge on any atom is -0.389 e. The number of halogens is 1. The van der Waals surface area contributed by atoms with E-state index in [2.05, 4.69) is 5.32 Å². The Morgan fingerprint density at radius 1 is 1.56 bits per heavy atom. The maximum Gasteiger partial charge on any atom is 0.0787 e. The Hall–Kier alpha value is -0.420. The smallest absolute Gasteiger partial charge is 0.0787 e. The molecule has 1 heterocycles. The van der Waals surface area contributed by atoms with Gasteiger partial charge in [-0.05, 0) is 31.5 Å². The zero-order valence-electron chi connectivity index (χ0n) is 10.4.